The fraction of sp³-hybridized carbons (Fsp3) is 0.350. The van der Waals surface area contributed by atoms with Crippen LogP contribution in [-0.4, -0.2) is 42.9 Å². The zero-order valence-electron chi connectivity index (χ0n) is 16.1. The van der Waals surface area contributed by atoms with Crippen molar-refractivity contribution in [2.45, 2.75) is 46.0 Å². The maximum Gasteiger partial charge on any atom is 0.323 e. The Morgan fingerprint density at radius 2 is 2.11 bits per heavy atom. The number of carboxylic acid groups (broad SMARTS) is 1. The number of aliphatic hydroxyl groups excluding tert-OH is 1. The summed E-state index contributed by atoms with van der Waals surface area (Å²) in [5.41, 5.74) is 3.93. The van der Waals surface area contributed by atoms with Gasteiger partial charge in [-0.1, -0.05) is 6.07 Å². The van der Waals surface area contributed by atoms with Crippen molar-refractivity contribution in [3.63, 3.8) is 0 Å². The maximum atomic E-state index is 11.6. The number of nitrogens with zero attached hydrogens (tertiary/aromatic N) is 2. The highest BCUT2D eigenvalue weighted by Crippen LogP contribution is 2.25. The molecule has 8 heteroatoms. The van der Waals surface area contributed by atoms with Gasteiger partial charge in [-0.25, -0.2) is 4.98 Å². The minimum atomic E-state index is -1.10. The van der Waals surface area contributed by atoms with Crippen LogP contribution in [0.2, 0.25) is 0 Å². The molecule has 0 aliphatic rings. The molecule has 148 valence electrons. The zero-order chi connectivity index (χ0) is 20.4. The van der Waals surface area contributed by atoms with E-state index in [1.165, 1.54) is 6.92 Å². The van der Waals surface area contributed by atoms with Crippen LogP contribution in [0.1, 0.15) is 25.0 Å². The lowest BCUT2D eigenvalue weighted by Crippen LogP contribution is -2.44. The fourth-order valence-electron chi connectivity index (χ4n) is 3.24. The van der Waals surface area contributed by atoms with Crippen molar-refractivity contribution in [1.82, 2.24) is 19.9 Å². The van der Waals surface area contributed by atoms with Crippen LogP contribution in [-0.2, 0) is 17.9 Å². The first-order chi connectivity index (χ1) is 13.3. The molecule has 0 radical (unpaired) electrons. The Morgan fingerprint density at radius 1 is 1.36 bits per heavy atom. The van der Waals surface area contributed by atoms with Gasteiger partial charge in [-0.2, -0.15) is 0 Å². The number of H-pyrrole nitrogens is 1. The number of carbonyl (C=O) groups is 1. The number of imidazole rings is 1. The molecule has 28 heavy (non-hydrogen) atoms. The fourth-order valence-corrected chi connectivity index (χ4v) is 3.24. The van der Waals surface area contributed by atoms with Gasteiger partial charge in [-0.15, -0.1) is 0 Å². The predicted octanol–water partition coefficient (Wildman–Crippen LogP) is 1.64. The normalized spacial score (nSPS) is 13.6. The summed E-state index contributed by atoms with van der Waals surface area (Å²) in [5, 5.41) is 21.6. The number of benzene rings is 1. The Bertz CT molecular complexity index is 1070. The summed E-state index contributed by atoms with van der Waals surface area (Å²) in [6, 6.07) is 6.53. The number of aliphatic carboxylic acids is 1. The summed E-state index contributed by atoms with van der Waals surface area (Å²) < 4.78 is 2.06. The number of aliphatic hydroxyl groups is 1. The number of fused-ring (bicyclic) bond motifs is 1. The minimum absolute atomic E-state index is 0.123. The molecule has 0 spiro atoms. The average molecular weight is 384 g/mol. The van der Waals surface area contributed by atoms with Crippen molar-refractivity contribution >= 4 is 17.0 Å². The molecule has 2 atom stereocenters. The molecule has 0 saturated heterocycles. The molecule has 0 aliphatic carbocycles. The number of hydrogen-bond acceptors (Lipinski definition) is 5. The molecule has 1 aromatic carbocycles. The van der Waals surface area contributed by atoms with E-state index in [0.29, 0.717) is 18.7 Å². The lowest BCUT2D eigenvalue weighted by molar-refractivity contribution is -0.142. The van der Waals surface area contributed by atoms with Crippen LogP contribution in [0.15, 0.2) is 35.3 Å². The van der Waals surface area contributed by atoms with Gasteiger partial charge in [0.15, 0.2) is 0 Å². The third-order valence-electron chi connectivity index (χ3n) is 4.75. The number of nitrogens with one attached hydrogen (secondary N) is 2. The van der Waals surface area contributed by atoms with E-state index in [2.05, 4.69) is 14.9 Å². The van der Waals surface area contributed by atoms with Crippen molar-refractivity contribution in [3.05, 3.63) is 51.9 Å². The predicted molar refractivity (Wildman–Crippen MR) is 106 cm³/mol. The van der Waals surface area contributed by atoms with E-state index in [1.807, 2.05) is 31.2 Å². The second kappa shape index (κ2) is 7.95. The zero-order valence-corrected chi connectivity index (χ0v) is 16.1. The first-order valence-corrected chi connectivity index (χ1v) is 9.15. The van der Waals surface area contributed by atoms with E-state index in [0.717, 1.165) is 28.0 Å². The molecule has 0 saturated carbocycles. The number of aromatic amines is 1. The van der Waals surface area contributed by atoms with E-state index in [1.54, 1.807) is 13.1 Å². The Labute approximate surface area is 161 Å². The second-order valence-corrected chi connectivity index (χ2v) is 6.84. The summed E-state index contributed by atoms with van der Waals surface area (Å²) in [6.45, 7) is 6.23. The molecule has 0 aliphatic heterocycles. The highest BCUT2D eigenvalue weighted by atomic mass is 16.4. The lowest BCUT2D eigenvalue weighted by Gasteiger charge is -2.17. The number of aromatic nitrogens is 3. The van der Waals surface area contributed by atoms with E-state index < -0.39 is 18.1 Å². The summed E-state index contributed by atoms with van der Waals surface area (Å²) in [4.78, 5) is 30.3. The molecule has 2 heterocycles. The molecule has 4 N–H and O–H groups in total. The number of carboxylic acids is 1. The SMILES string of the molecule is CCn1c(-c2c[nH]c(=O)c(C)c2)nc2cc(CNC(C(=O)O)C(C)O)ccc21. The van der Waals surface area contributed by atoms with E-state index in [4.69, 9.17) is 10.1 Å². The molecular weight excluding hydrogens is 360 g/mol. The van der Waals surface area contributed by atoms with Gasteiger partial charge in [0, 0.05) is 30.4 Å². The van der Waals surface area contributed by atoms with Crippen LogP contribution in [0.3, 0.4) is 0 Å². The van der Waals surface area contributed by atoms with E-state index in [9.17, 15) is 14.7 Å². The highest BCUT2D eigenvalue weighted by molar-refractivity contribution is 5.81. The van der Waals surface area contributed by atoms with Crippen LogP contribution in [0.4, 0.5) is 0 Å². The van der Waals surface area contributed by atoms with Crippen molar-refractivity contribution in [2.75, 3.05) is 0 Å². The number of rotatable bonds is 7. The van der Waals surface area contributed by atoms with Gasteiger partial charge in [-0.05, 0) is 44.5 Å². The maximum absolute atomic E-state index is 11.6. The van der Waals surface area contributed by atoms with Crippen LogP contribution in [0.25, 0.3) is 22.4 Å². The number of pyridine rings is 1. The number of aryl methyl sites for hydroxylation is 2. The van der Waals surface area contributed by atoms with E-state index in [-0.39, 0.29) is 5.56 Å². The smallest absolute Gasteiger partial charge is 0.323 e. The van der Waals surface area contributed by atoms with Gasteiger partial charge < -0.3 is 19.8 Å². The van der Waals surface area contributed by atoms with Crippen LogP contribution in [0, 0.1) is 6.92 Å². The van der Waals surface area contributed by atoms with Crippen LogP contribution >= 0.6 is 0 Å². The monoisotopic (exact) mass is 384 g/mol. The molecule has 0 amide bonds. The van der Waals surface area contributed by atoms with Crippen LogP contribution < -0.4 is 10.9 Å². The molecule has 3 aromatic rings. The summed E-state index contributed by atoms with van der Waals surface area (Å²) in [7, 11) is 0. The summed E-state index contributed by atoms with van der Waals surface area (Å²) in [6.07, 6.45) is 0.654. The molecule has 0 fully saturated rings. The van der Waals surface area contributed by atoms with E-state index >= 15 is 0 Å². The van der Waals surface area contributed by atoms with Crippen molar-refractivity contribution < 1.29 is 15.0 Å². The quantitative estimate of drug-likeness (QED) is 0.492. The summed E-state index contributed by atoms with van der Waals surface area (Å²) >= 11 is 0. The standard InChI is InChI=1S/C20H24N4O4/c1-4-24-16-6-5-13(9-21-17(12(3)25)20(27)28)8-15(16)23-18(24)14-7-11(2)19(26)22-10-14/h5-8,10,12,17,21,25H,4,9H2,1-3H3,(H,22,26)(H,27,28). The molecule has 0 bridgehead atoms. The molecule has 8 nitrogen and oxygen atoms in total. The molecular formula is C20H24N4O4. The van der Waals surface area contributed by atoms with Gasteiger partial charge in [-0.3, -0.25) is 14.9 Å². The Hall–Kier alpha value is -2.97. The molecule has 3 rings (SSSR count). The first-order valence-electron chi connectivity index (χ1n) is 9.15. The second-order valence-electron chi connectivity index (χ2n) is 6.84. The van der Waals surface area contributed by atoms with Crippen LogP contribution in [0.5, 0.6) is 0 Å². The van der Waals surface area contributed by atoms with Gasteiger partial charge in [0.05, 0.1) is 17.1 Å². The summed E-state index contributed by atoms with van der Waals surface area (Å²) in [5.74, 6) is -0.337. The van der Waals surface area contributed by atoms with Crippen molar-refractivity contribution in [3.8, 4) is 11.4 Å². The lowest BCUT2D eigenvalue weighted by atomic mass is 10.1. The average Bonchev–Trinajstić information content (AvgIpc) is 3.01. The third kappa shape index (κ3) is 3.83. The van der Waals surface area contributed by atoms with Gasteiger partial charge >= 0.3 is 5.97 Å². The Morgan fingerprint density at radius 3 is 2.71 bits per heavy atom. The molecule has 2 unspecified atom stereocenters. The van der Waals surface area contributed by atoms with Gasteiger partial charge in [0.25, 0.3) is 5.56 Å². The molecule has 2 aromatic heterocycles. The minimum Gasteiger partial charge on any atom is -0.480 e. The highest BCUT2D eigenvalue weighted by Gasteiger charge is 2.22. The largest absolute Gasteiger partial charge is 0.480 e. The van der Waals surface area contributed by atoms with Gasteiger partial charge in [0.1, 0.15) is 11.9 Å². The Kier molecular flexibility index (Phi) is 5.62. The Balaban J connectivity index is 1.95. The topological polar surface area (TPSA) is 120 Å². The van der Waals surface area contributed by atoms with Crippen molar-refractivity contribution in [1.29, 1.82) is 0 Å². The van der Waals surface area contributed by atoms with Gasteiger partial charge in [0.2, 0.25) is 0 Å². The first kappa shape index (κ1) is 19.8. The van der Waals surface area contributed by atoms with Crippen molar-refractivity contribution in [2.24, 2.45) is 0 Å². The number of hydrogen-bond donors (Lipinski definition) is 4. The third-order valence-corrected chi connectivity index (χ3v) is 4.75.